The van der Waals surface area contributed by atoms with E-state index in [2.05, 4.69) is 15.0 Å². The quantitative estimate of drug-likeness (QED) is 0.849. The molecule has 0 aliphatic rings. The van der Waals surface area contributed by atoms with Crippen LogP contribution in [0.25, 0.3) is 11.5 Å². The molecule has 0 unspecified atom stereocenters. The Bertz CT molecular complexity index is 671. The summed E-state index contributed by atoms with van der Waals surface area (Å²) in [5, 5.41) is -0.139. The molecule has 0 amide bonds. The lowest BCUT2D eigenvalue weighted by atomic mass is 10.2. The van der Waals surface area contributed by atoms with Gasteiger partial charge in [-0.15, -0.1) is 0 Å². The summed E-state index contributed by atoms with van der Waals surface area (Å²) in [5.41, 5.74) is -0.116. The van der Waals surface area contributed by atoms with Gasteiger partial charge in [-0.3, -0.25) is 4.98 Å². The second kappa shape index (κ2) is 5.48. The predicted octanol–water partition coefficient (Wildman–Crippen LogP) is 3.59. The Labute approximate surface area is 124 Å². The fourth-order valence-corrected chi connectivity index (χ4v) is 1.90. The lowest BCUT2D eigenvalue weighted by molar-refractivity contribution is -0.137. The van der Waals surface area contributed by atoms with Crippen LogP contribution in [0.4, 0.5) is 19.0 Å². The molecule has 8 heteroatoms. The van der Waals surface area contributed by atoms with E-state index in [1.165, 1.54) is 0 Å². The van der Waals surface area contributed by atoms with Crippen LogP contribution in [0.15, 0.2) is 18.3 Å². The van der Waals surface area contributed by atoms with Crippen molar-refractivity contribution in [2.24, 2.45) is 0 Å². The molecule has 21 heavy (non-hydrogen) atoms. The zero-order valence-corrected chi connectivity index (χ0v) is 12.3. The van der Waals surface area contributed by atoms with Crippen molar-refractivity contribution < 1.29 is 13.2 Å². The molecule has 0 fully saturated rings. The van der Waals surface area contributed by atoms with Crippen LogP contribution in [0.2, 0.25) is 5.02 Å². The van der Waals surface area contributed by atoms with E-state index in [1.807, 2.05) is 0 Å². The van der Waals surface area contributed by atoms with E-state index < -0.39 is 11.7 Å². The Balaban J connectivity index is 2.52. The number of pyridine rings is 1. The number of hydrogen-bond donors (Lipinski definition) is 0. The third-order valence-electron chi connectivity index (χ3n) is 2.68. The van der Waals surface area contributed by atoms with Crippen LogP contribution < -0.4 is 4.90 Å². The Kier molecular flexibility index (Phi) is 4.04. The first kappa shape index (κ1) is 15.5. The van der Waals surface area contributed by atoms with E-state index in [1.54, 1.807) is 32.0 Å². The molecule has 0 spiro atoms. The van der Waals surface area contributed by atoms with Crippen LogP contribution in [-0.4, -0.2) is 29.0 Å². The Hall–Kier alpha value is -1.89. The van der Waals surface area contributed by atoms with E-state index in [4.69, 9.17) is 11.6 Å². The van der Waals surface area contributed by atoms with Crippen LogP contribution in [-0.2, 0) is 6.18 Å². The number of alkyl halides is 3. The first-order valence-electron chi connectivity index (χ1n) is 5.94. The van der Waals surface area contributed by atoms with Gasteiger partial charge < -0.3 is 4.90 Å². The van der Waals surface area contributed by atoms with Crippen LogP contribution in [0.3, 0.4) is 0 Å². The monoisotopic (exact) mass is 316 g/mol. The molecule has 0 saturated heterocycles. The summed E-state index contributed by atoms with van der Waals surface area (Å²) >= 11 is 5.90. The van der Waals surface area contributed by atoms with Gasteiger partial charge in [-0.05, 0) is 13.0 Å². The van der Waals surface area contributed by atoms with Crippen molar-refractivity contribution in [1.82, 2.24) is 15.0 Å². The molecule has 4 nitrogen and oxygen atoms in total. The average Bonchev–Trinajstić information content (AvgIpc) is 2.36. The predicted molar refractivity (Wildman–Crippen MR) is 74.3 cm³/mol. The topological polar surface area (TPSA) is 41.9 Å². The number of halogens is 4. The van der Waals surface area contributed by atoms with Gasteiger partial charge >= 0.3 is 6.18 Å². The van der Waals surface area contributed by atoms with Crippen LogP contribution in [0.5, 0.6) is 0 Å². The minimum atomic E-state index is -4.49. The highest BCUT2D eigenvalue weighted by atomic mass is 35.5. The number of aromatic nitrogens is 3. The zero-order valence-electron chi connectivity index (χ0n) is 11.5. The molecule has 0 aliphatic carbocycles. The van der Waals surface area contributed by atoms with Crippen molar-refractivity contribution in [2.75, 3.05) is 19.0 Å². The number of rotatable bonds is 2. The molecule has 2 rings (SSSR count). The molecule has 0 radical (unpaired) electrons. The van der Waals surface area contributed by atoms with Gasteiger partial charge in [0.2, 0.25) is 0 Å². The van der Waals surface area contributed by atoms with Gasteiger partial charge in [0.05, 0.1) is 10.6 Å². The van der Waals surface area contributed by atoms with Gasteiger partial charge in [0, 0.05) is 32.1 Å². The van der Waals surface area contributed by atoms with E-state index >= 15 is 0 Å². The molecular weight excluding hydrogens is 305 g/mol. The molecule has 0 saturated carbocycles. The second-order valence-corrected chi connectivity index (χ2v) is 5.04. The molecule has 2 aromatic heterocycles. The van der Waals surface area contributed by atoms with Gasteiger partial charge in [-0.2, -0.15) is 13.2 Å². The highest BCUT2D eigenvalue weighted by Crippen LogP contribution is 2.33. The summed E-state index contributed by atoms with van der Waals surface area (Å²) in [4.78, 5) is 13.9. The van der Waals surface area contributed by atoms with Crippen LogP contribution in [0.1, 0.15) is 11.3 Å². The summed E-state index contributed by atoms with van der Waals surface area (Å²) in [6.07, 6.45) is -3.76. The first-order valence-corrected chi connectivity index (χ1v) is 6.32. The van der Waals surface area contributed by atoms with Crippen molar-refractivity contribution in [2.45, 2.75) is 13.1 Å². The Morgan fingerprint density at radius 2 is 1.81 bits per heavy atom. The zero-order chi connectivity index (χ0) is 15.8. The van der Waals surface area contributed by atoms with Crippen molar-refractivity contribution in [3.8, 4) is 11.5 Å². The lowest BCUT2D eigenvalue weighted by Gasteiger charge is -2.14. The van der Waals surface area contributed by atoms with E-state index in [-0.39, 0.29) is 16.5 Å². The van der Waals surface area contributed by atoms with Crippen molar-refractivity contribution in [1.29, 1.82) is 0 Å². The molecule has 2 heterocycles. The van der Waals surface area contributed by atoms with Crippen molar-refractivity contribution >= 4 is 17.4 Å². The van der Waals surface area contributed by atoms with Crippen molar-refractivity contribution in [3.63, 3.8) is 0 Å². The van der Waals surface area contributed by atoms with Gasteiger partial charge in [-0.25, -0.2) is 9.97 Å². The molecule has 2 aromatic rings. The van der Waals surface area contributed by atoms with E-state index in [0.29, 0.717) is 11.5 Å². The van der Waals surface area contributed by atoms with Crippen molar-refractivity contribution in [3.05, 3.63) is 34.6 Å². The fourth-order valence-electron chi connectivity index (χ4n) is 1.64. The summed E-state index contributed by atoms with van der Waals surface area (Å²) in [7, 11) is 3.60. The second-order valence-electron chi connectivity index (χ2n) is 4.64. The molecule has 0 atom stereocenters. The smallest absolute Gasteiger partial charge is 0.363 e. The highest BCUT2D eigenvalue weighted by Gasteiger charge is 2.31. The van der Waals surface area contributed by atoms with Gasteiger partial charge in [0.1, 0.15) is 11.5 Å². The van der Waals surface area contributed by atoms with E-state index in [0.717, 1.165) is 12.3 Å². The largest absolute Gasteiger partial charge is 0.417 e. The maximum absolute atomic E-state index is 12.6. The SMILES string of the molecule is Cc1cc(N(C)C)nc(-c2ncc(C(F)(F)F)cc2Cl)n1. The first-order chi connectivity index (χ1) is 9.68. The number of anilines is 1. The Morgan fingerprint density at radius 3 is 2.33 bits per heavy atom. The summed E-state index contributed by atoms with van der Waals surface area (Å²) < 4.78 is 37.8. The maximum atomic E-state index is 12.6. The summed E-state index contributed by atoms with van der Waals surface area (Å²) in [5.74, 6) is 0.813. The molecule has 0 aliphatic heterocycles. The maximum Gasteiger partial charge on any atom is 0.417 e. The summed E-state index contributed by atoms with van der Waals surface area (Å²) in [6, 6.07) is 2.58. The molecule has 112 valence electrons. The van der Waals surface area contributed by atoms with Crippen LogP contribution >= 0.6 is 11.6 Å². The third-order valence-corrected chi connectivity index (χ3v) is 2.97. The Morgan fingerprint density at radius 1 is 1.14 bits per heavy atom. The third kappa shape index (κ3) is 3.41. The fraction of sp³-hybridized carbons (Fsp3) is 0.308. The number of hydrogen-bond acceptors (Lipinski definition) is 4. The average molecular weight is 317 g/mol. The molecule has 0 N–H and O–H groups in total. The van der Waals surface area contributed by atoms with Gasteiger partial charge in [0.15, 0.2) is 5.82 Å². The minimum absolute atomic E-state index is 0.122. The normalized spacial score (nSPS) is 11.6. The lowest BCUT2D eigenvalue weighted by Crippen LogP contribution is -2.12. The van der Waals surface area contributed by atoms with Gasteiger partial charge in [0.25, 0.3) is 0 Å². The summed E-state index contributed by atoms with van der Waals surface area (Å²) in [6.45, 7) is 1.76. The standard InChI is InChI=1S/C13H12ClF3N4/c1-7-4-10(21(2)3)20-12(19-7)11-9(14)5-8(6-18-11)13(15,16)17/h4-6H,1-3H3. The number of aryl methyl sites for hydroxylation is 1. The van der Waals surface area contributed by atoms with Crippen LogP contribution in [0, 0.1) is 6.92 Å². The minimum Gasteiger partial charge on any atom is -0.363 e. The molecule has 0 bridgehead atoms. The molecular formula is C13H12ClF3N4. The molecule has 0 aromatic carbocycles. The highest BCUT2D eigenvalue weighted by molar-refractivity contribution is 6.32. The van der Waals surface area contributed by atoms with E-state index in [9.17, 15) is 13.2 Å². The van der Waals surface area contributed by atoms with Gasteiger partial charge in [-0.1, -0.05) is 11.6 Å². The number of nitrogens with zero attached hydrogens (tertiary/aromatic N) is 4.